The van der Waals surface area contributed by atoms with Gasteiger partial charge in [0.2, 0.25) is 17.7 Å². The molecule has 18 heteroatoms. The van der Waals surface area contributed by atoms with Crippen LogP contribution < -0.4 is 21.3 Å². The average molecular weight is 773 g/mol. The molecule has 0 saturated carbocycles. The minimum Gasteiger partial charge on any atom is -0.480 e. The van der Waals surface area contributed by atoms with Crippen molar-refractivity contribution in [2.24, 2.45) is 0 Å². The van der Waals surface area contributed by atoms with Gasteiger partial charge in [0.25, 0.3) is 0 Å². The molecule has 0 aromatic heterocycles. The van der Waals surface area contributed by atoms with Gasteiger partial charge in [0.15, 0.2) is 0 Å². The third kappa shape index (κ3) is 16.1. The number of hydrogen-bond donors (Lipinski definition) is 7. The summed E-state index contributed by atoms with van der Waals surface area (Å²) in [4.78, 5) is 84.4. The fourth-order valence-corrected chi connectivity index (χ4v) is 6.00. The summed E-state index contributed by atoms with van der Waals surface area (Å²) in [7, 11) is 0. The molecule has 0 spiro atoms. The topological polar surface area (TPSA) is 265 Å². The number of nitrogens with one attached hydrogen (secondary N) is 4. The Kier molecular flexibility index (Phi) is 18.5. The van der Waals surface area contributed by atoms with Crippen LogP contribution in [0.25, 0.3) is 11.1 Å². The fourth-order valence-electron chi connectivity index (χ4n) is 6.00. The zero-order valence-electron chi connectivity index (χ0n) is 30.3. The van der Waals surface area contributed by atoms with E-state index in [1.807, 2.05) is 48.5 Å². The van der Waals surface area contributed by atoms with Crippen molar-refractivity contribution in [3.05, 3.63) is 59.7 Å². The molecule has 0 atom stereocenters. The quantitative estimate of drug-likeness (QED) is 0.0631. The highest BCUT2D eigenvalue weighted by Crippen LogP contribution is 2.44. The molecule has 0 saturated heterocycles. The van der Waals surface area contributed by atoms with Gasteiger partial charge in [-0.15, -0.1) is 0 Å². The summed E-state index contributed by atoms with van der Waals surface area (Å²) in [5.74, 6) is -5.13. The number of carboxylic acids is 3. The number of alkyl carbamates (subject to hydrolysis) is 1. The standard InChI is InChI=1S/C37H48N4O14/c42-30(38-15-18-52-22-33(45)46)9-12-37(13-10-31(43)39-16-19-53-23-34(47)48,14-11-32(44)40-17-20-54-24-35(49)50)41-36(51)55-21-29-27-7-3-1-5-25(27)26-6-2-4-8-28(26)29/h1-8,29H,9-24H2,(H,38,42)(H,39,43)(H,40,44)(H,41,51)(H,45,46)(H,47,48)(H,49,50). The molecular formula is C37H48N4O14. The van der Waals surface area contributed by atoms with Crippen molar-refractivity contribution in [3.63, 3.8) is 0 Å². The van der Waals surface area contributed by atoms with E-state index in [0.717, 1.165) is 22.3 Å². The van der Waals surface area contributed by atoms with Crippen molar-refractivity contribution in [1.82, 2.24) is 21.3 Å². The Morgan fingerprint density at radius 1 is 0.564 bits per heavy atom. The largest absolute Gasteiger partial charge is 0.480 e. The maximum absolute atomic E-state index is 13.6. The van der Waals surface area contributed by atoms with Crippen LogP contribution in [0.5, 0.6) is 0 Å². The molecule has 2 aromatic carbocycles. The summed E-state index contributed by atoms with van der Waals surface area (Å²) in [6.45, 7) is -1.79. The highest BCUT2D eigenvalue weighted by atomic mass is 16.5. The van der Waals surface area contributed by atoms with Gasteiger partial charge >= 0.3 is 24.0 Å². The SMILES string of the molecule is O=C(O)COCCNC(=O)CCC(CCC(=O)NCCOCC(=O)O)(CCC(=O)NCCOCC(=O)O)NC(=O)OCC1c2ccccc2-c2ccccc21. The lowest BCUT2D eigenvalue weighted by atomic mass is 9.83. The molecule has 0 aliphatic heterocycles. The number of benzene rings is 2. The highest BCUT2D eigenvalue weighted by molar-refractivity contribution is 5.80. The Morgan fingerprint density at radius 3 is 1.29 bits per heavy atom. The van der Waals surface area contributed by atoms with E-state index in [0.29, 0.717) is 0 Å². The molecule has 0 fully saturated rings. The maximum Gasteiger partial charge on any atom is 0.407 e. The molecule has 2 aromatic rings. The molecule has 18 nitrogen and oxygen atoms in total. The zero-order chi connectivity index (χ0) is 40.1. The monoisotopic (exact) mass is 772 g/mol. The molecule has 55 heavy (non-hydrogen) atoms. The minimum absolute atomic E-state index is 0.0115. The predicted molar refractivity (Wildman–Crippen MR) is 193 cm³/mol. The molecular weight excluding hydrogens is 724 g/mol. The first kappa shape index (κ1) is 43.8. The lowest BCUT2D eigenvalue weighted by Crippen LogP contribution is -2.51. The van der Waals surface area contributed by atoms with Crippen molar-refractivity contribution in [2.75, 3.05) is 65.9 Å². The van der Waals surface area contributed by atoms with Crippen LogP contribution in [0.1, 0.15) is 55.6 Å². The van der Waals surface area contributed by atoms with Gasteiger partial charge in [-0.1, -0.05) is 48.5 Å². The Balaban J connectivity index is 1.75. The Bertz CT molecular complexity index is 1490. The number of carbonyl (C=O) groups excluding carboxylic acids is 4. The first-order chi connectivity index (χ1) is 26.4. The summed E-state index contributed by atoms with van der Waals surface area (Å²) < 4.78 is 20.7. The van der Waals surface area contributed by atoms with Crippen molar-refractivity contribution >= 4 is 41.7 Å². The van der Waals surface area contributed by atoms with E-state index in [4.69, 9.17) is 34.3 Å². The van der Waals surface area contributed by atoms with Gasteiger partial charge in [-0.25, -0.2) is 19.2 Å². The van der Waals surface area contributed by atoms with Crippen molar-refractivity contribution in [3.8, 4) is 11.1 Å². The predicted octanol–water partition coefficient (Wildman–Crippen LogP) is 1.26. The normalized spacial score (nSPS) is 11.9. The Labute approximate surface area is 317 Å². The maximum atomic E-state index is 13.6. The summed E-state index contributed by atoms with van der Waals surface area (Å²) in [5, 5.41) is 37.0. The summed E-state index contributed by atoms with van der Waals surface area (Å²) in [6, 6.07) is 15.6. The fraction of sp³-hybridized carbons (Fsp3) is 0.486. The molecule has 1 aliphatic carbocycles. The zero-order valence-corrected chi connectivity index (χ0v) is 30.3. The van der Waals surface area contributed by atoms with E-state index in [1.165, 1.54) is 0 Å². The van der Waals surface area contributed by atoms with E-state index in [2.05, 4.69) is 21.3 Å². The van der Waals surface area contributed by atoms with Crippen molar-refractivity contribution < 1.29 is 67.8 Å². The number of carbonyl (C=O) groups is 7. The van der Waals surface area contributed by atoms with Crippen LogP contribution in [0, 0.1) is 0 Å². The third-order valence-corrected chi connectivity index (χ3v) is 8.59. The van der Waals surface area contributed by atoms with Crippen LogP contribution >= 0.6 is 0 Å². The lowest BCUT2D eigenvalue weighted by molar-refractivity contribution is -0.143. The van der Waals surface area contributed by atoms with Crippen LogP contribution in [0.4, 0.5) is 4.79 Å². The van der Waals surface area contributed by atoms with E-state index < -0.39 is 67.1 Å². The molecule has 300 valence electrons. The Morgan fingerprint density at radius 2 is 0.927 bits per heavy atom. The summed E-state index contributed by atoms with van der Waals surface area (Å²) in [5.41, 5.74) is 2.69. The average Bonchev–Trinajstić information content (AvgIpc) is 3.47. The second kappa shape index (κ2) is 23.3. The molecule has 0 bridgehead atoms. The highest BCUT2D eigenvalue weighted by Gasteiger charge is 2.35. The van der Waals surface area contributed by atoms with E-state index >= 15 is 0 Å². The van der Waals surface area contributed by atoms with Crippen LogP contribution in [0.15, 0.2) is 48.5 Å². The van der Waals surface area contributed by atoms with Gasteiger partial charge in [0, 0.05) is 50.4 Å². The number of ether oxygens (including phenoxy) is 4. The molecule has 0 heterocycles. The summed E-state index contributed by atoms with van der Waals surface area (Å²) in [6.07, 6.45) is -1.46. The first-order valence-corrected chi connectivity index (χ1v) is 17.7. The lowest BCUT2D eigenvalue weighted by Gasteiger charge is -2.35. The van der Waals surface area contributed by atoms with Crippen LogP contribution in [0.3, 0.4) is 0 Å². The smallest absolute Gasteiger partial charge is 0.407 e. The first-order valence-electron chi connectivity index (χ1n) is 17.7. The van der Waals surface area contributed by atoms with Gasteiger partial charge in [-0.2, -0.15) is 0 Å². The van der Waals surface area contributed by atoms with Gasteiger partial charge in [-0.3, -0.25) is 14.4 Å². The third-order valence-electron chi connectivity index (χ3n) is 8.59. The number of amides is 4. The summed E-state index contributed by atoms with van der Waals surface area (Å²) >= 11 is 0. The Hall–Kier alpha value is -5.59. The molecule has 4 amide bonds. The van der Waals surface area contributed by atoms with Gasteiger partial charge in [0.05, 0.1) is 19.8 Å². The van der Waals surface area contributed by atoms with Crippen LogP contribution in [-0.2, 0) is 47.7 Å². The van der Waals surface area contributed by atoms with E-state index in [-0.39, 0.29) is 90.5 Å². The molecule has 1 aliphatic rings. The minimum atomic E-state index is -1.34. The van der Waals surface area contributed by atoms with Gasteiger partial charge in [0.1, 0.15) is 26.4 Å². The molecule has 7 N–H and O–H groups in total. The molecule has 3 rings (SSSR count). The molecule has 0 unspecified atom stereocenters. The second-order valence-electron chi connectivity index (χ2n) is 12.6. The second-order valence-corrected chi connectivity index (χ2v) is 12.6. The van der Waals surface area contributed by atoms with E-state index in [1.54, 1.807) is 0 Å². The van der Waals surface area contributed by atoms with Crippen molar-refractivity contribution in [1.29, 1.82) is 0 Å². The van der Waals surface area contributed by atoms with Crippen molar-refractivity contribution in [2.45, 2.75) is 50.0 Å². The van der Waals surface area contributed by atoms with Crippen LogP contribution in [0.2, 0.25) is 0 Å². The number of fused-ring (bicyclic) bond motifs is 3. The van der Waals surface area contributed by atoms with Gasteiger partial charge < -0.3 is 55.5 Å². The number of hydrogen-bond acceptors (Lipinski definition) is 11. The number of carboxylic acid groups (broad SMARTS) is 3. The number of aliphatic carboxylic acids is 3. The number of rotatable bonds is 27. The van der Waals surface area contributed by atoms with Gasteiger partial charge in [-0.05, 0) is 41.5 Å². The van der Waals surface area contributed by atoms with E-state index in [9.17, 15) is 33.6 Å². The molecule has 0 radical (unpaired) electrons. The van der Waals surface area contributed by atoms with Crippen LogP contribution in [-0.4, -0.2) is 128 Å².